The highest BCUT2D eigenvalue weighted by Gasteiger charge is 2.40. The standard InChI is InChI=1S/C24H24F3N3O/c1-15-12-21-18(13-16(2)29-30-21)10-11-28-23(15)31-22-14-19(24(25,26)27)8-9-20(22)17-6-4-3-5-7-17/h3-7,9,12,14,18-19H,8,10-11,13H2,1-2H3/b15-12-,28-23?. The fourth-order valence-corrected chi connectivity index (χ4v) is 3.95. The minimum atomic E-state index is -4.33. The highest BCUT2D eigenvalue weighted by atomic mass is 19.4. The Morgan fingerprint density at radius 1 is 1.06 bits per heavy atom. The summed E-state index contributed by atoms with van der Waals surface area (Å²) in [6.07, 6.45) is 1.84. The Kier molecular flexibility index (Phi) is 5.94. The molecule has 0 N–H and O–H groups in total. The number of hydrogen-bond acceptors (Lipinski definition) is 4. The molecule has 4 rings (SSSR count). The number of allylic oxidation sites excluding steroid dienone is 4. The largest absolute Gasteiger partial charge is 0.439 e. The lowest BCUT2D eigenvalue weighted by Gasteiger charge is -2.26. The van der Waals surface area contributed by atoms with E-state index >= 15 is 0 Å². The van der Waals surface area contributed by atoms with Crippen LogP contribution in [0.25, 0.3) is 5.57 Å². The second-order valence-corrected chi connectivity index (χ2v) is 8.06. The first kappa shape index (κ1) is 21.3. The second-order valence-electron chi connectivity index (χ2n) is 8.06. The molecular formula is C24H24F3N3O. The summed E-state index contributed by atoms with van der Waals surface area (Å²) < 4.78 is 46.4. The summed E-state index contributed by atoms with van der Waals surface area (Å²) in [6.45, 7) is 4.31. The van der Waals surface area contributed by atoms with Crippen molar-refractivity contribution < 1.29 is 17.9 Å². The summed E-state index contributed by atoms with van der Waals surface area (Å²) in [7, 11) is 0. The molecule has 3 aliphatic rings. The van der Waals surface area contributed by atoms with Gasteiger partial charge in [-0.15, -0.1) is 0 Å². The van der Waals surface area contributed by atoms with Gasteiger partial charge in [0.25, 0.3) is 0 Å². The number of aliphatic imine (C=N–C) groups is 1. The van der Waals surface area contributed by atoms with Crippen molar-refractivity contribution >= 4 is 22.9 Å². The highest BCUT2D eigenvalue weighted by molar-refractivity contribution is 6.08. The van der Waals surface area contributed by atoms with Gasteiger partial charge in [0.1, 0.15) is 5.76 Å². The van der Waals surface area contributed by atoms with Crippen LogP contribution in [0.4, 0.5) is 13.2 Å². The minimum Gasteiger partial charge on any atom is -0.439 e. The van der Waals surface area contributed by atoms with E-state index in [2.05, 4.69) is 15.2 Å². The van der Waals surface area contributed by atoms with Crippen LogP contribution in [0, 0.1) is 11.8 Å². The number of halogens is 3. The van der Waals surface area contributed by atoms with Crippen LogP contribution in [0.15, 0.2) is 75.1 Å². The molecule has 7 heteroatoms. The van der Waals surface area contributed by atoms with E-state index in [0.29, 0.717) is 18.0 Å². The molecule has 0 radical (unpaired) electrons. The van der Waals surface area contributed by atoms with Crippen LogP contribution in [-0.4, -0.2) is 30.0 Å². The lowest BCUT2D eigenvalue weighted by molar-refractivity contribution is -0.160. The maximum atomic E-state index is 13.4. The van der Waals surface area contributed by atoms with Crippen LogP contribution < -0.4 is 0 Å². The van der Waals surface area contributed by atoms with Gasteiger partial charge in [0.05, 0.1) is 11.6 Å². The Hall–Kier alpha value is -2.96. The zero-order valence-corrected chi connectivity index (χ0v) is 17.5. The number of nitrogens with zero attached hydrogens (tertiary/aromatic N) is 3. The molecule has 0 fully saturated rings. The molecule has 0 saturated carbocycles. The molecule has 2 unspecified atom stereocenters. The van der Waals surface area contributed by atoms with E-state index in [0.717, 1.165) is 35.4 Å². The maximum absolute atomic E-state index is 13.4. The van der Waals surface area contributed by atoms with Gasteiger partial charge in [0.15, 0.2) is 0 Å². The molecule has 1 aromatic rings. The van der Waals surface area contributed by atoms with E-state index in [4.69, 9.17) is 4.74 Å². The first-order valence-electron chi connectivity index (χ1n) is 10.4. The predicted octanol–water partition coefficient (Wildman–Crippen LogP) is 6.14. The molecule has 1 aromatic carbocycles. The molecule has 0 amide bonds. The first-order valence-corrected chi connectivity index (χ1v) is 10.4. The van der Waals surface area contributed by atoms with Crippen molar-refractivity contribution in [1.29, 1.82) is 0 Å². The van der Waals surface area contributed by atoms with Crippen LogP contribution in [0.2, 0.25) is 0 Å². The van der Waals surface area contributed by atoms with Crippen LogP contribution in [0.3, 0.4) is 0 Å². The fourth-order valence-electron chi connectivity index (χ4n) is 3.95. The molecule has 0 aromatic heterocycles. The Morgan fingerprint density at radius 2 is 1.84 bits per heavy atom. The van der Waals surface area contributed by atoms with Crippen LogP contribution in [0.1, 0.15) is 38.7 Å². The zero-order valence-electron chi connectivity index (χ0n) is 17.5. The molecule has 2 atom stereocenters. The van der Waals surface area contributed by atoms with Gasteiger partial charge in [-0.2, -0.15) is 23.4 Å². The minimum absolute atomic E-state index is 0.113. The molecule has 1 aliphatic carbocycles. The summed E-state index contributed by atoms with van der Waals surface area (Å²) >= 11 is 0. The summed E-state index contributed by atoms with van der Waals surface area (Å²) in [5, 5.41) is 8.50. The van der Waals surface area contributed by atoms with Crippen LogP contribution in [0.5, 0.6) is 0 Å². The quantitative estimate of drug-likeness (QED) is 0.559. The van der Waals surface area contributed by atoms with Gasteiger partial charge in [-0.25, -0.2) is 0 Å². The third-order valence-electron chi connectivity index (χ3n) is 5.64. The highest BCUT2D eigenvalue weighted by Crippen LogP contribution is 2.39. The number of hydrogen-bond donors (Lipinski definition) is 0. The van der Waals surface area contributed by atoms with E-state index in [-0.39, 0.29) is 18.1 Å². The van der Waals surface area contributed by atoms with Crippen molar-refractivity contribution in [3.05, 3.63) is 65.5 Å². The van der Waals surface area contributed by atoms with Gasteiger partial charge in [-0.3, -0.25) is 4.99 Å². The van der Waals surface area contributed by atoms with E-state index in [1.807, 2.05) is 50.3 Å². The normalized spacial score (nSPS) is 26.0. The zero-order chi connectivity index (χ0) is 22.0. The topological polar surface area (TPSA) is 46.3 Å². The average Bonchev–Trinajstić information content (AvgIpc) is 2.73. The Balaban J connectivity index is 1.66. The van der Waals surface area contributed by atoms with Gasteiger partial charge in [-0.05, 0) is 50.8 Å². The molecule has 31 heavy (non-hydrogen) atoms. The molecule has 0 spiro atoms. The molecular weight excluding hydrogens is 403 g/mol. The number of alkyl halides is 3. The smallest absolute Gasteiger partial charge is 0.395 e. The lowest BCUT2D eigenvalue weighted by Crippen LogP contribution is -2.25. The Morgan fingerprint density at radius 3 is 2.58 bits per heavy atom. The second kappa shape index (κ2) is 8.65. The van der Waals surface area contributed by atoms with Crippen molar-refractivity contribution in [2.24, 2.45) is 27.0 Å². The van der Waals surface area contributed by atoms with Gasteiger partial charge >= 0.3 is 6.18 Å². The van der Waals surface area contributed by atoms with E-state index in [9.17, 15) is 13.2 Å². The lowest BCUT2D eigenvalue weighted by atomic mass is 9.90. The summed E-state index contributed by atoms with van der Waals surface area (Å²) in [5.74, 6) is -0.829. The van der Waals surface area contributed by atoms with E-state index < -0.39 is 12.1 Å². The van der Waals surface area contributed by atoms with Crippen molar-refractivity contribution in [1.82, 2.24) is 0 Å². The van der Waals surface area contributed by atoms with E-state index in [1.54, 1.807) is 6.08 Å². The Labute approximate surface area is 179 Å². The first-order chi connectivity index (χ1) is 14.8. The third-order valence-corrected chi connectivity index (χ3v) is 5.64. The van der Waals surface area contributed by atoms with Gasteiger partial charge in [0, 0.05) is 29.3 Å². The summed E-state index contributed by atoms with van der Waals surface area (Å²) in [5.41, 5.74) is 4.03. The monoisotopic (exact) mass is 427 g/mol. The average molecular weight is 427 g/mol. The predicted molar refractivity (Wildman–Crippen MR) is 117 cm³/mol. The van der Waals surface area contributed by atoms with Crippen LogP contribution >= 0.6 is 0 Å². The van der Waals surface area contributed by atoms with Crippen molar-refractivity contribution in [3.8, 4) is 0 Å². The van der Waals surface area contributed by atoms with Crippen molar-refractivity contribution in [2.45, 2.75) is 39.3 Å². The summed E-state index contributed by atoms with van der Waals surface area (Å²) in [4.78, 5) is 4.57. The molecule has 2 aliphatic heterocycles. The number of ether oxygens (including phenoxy) is 1. The SMILES string of the molecule is CC1=NN=C2/C=C(/C)C(OC3=CC(C(F)(F)F)CC=C3c3ccccc3)=NCCC2C1. The molecule has 0 bridgehead atoms. The molecule has 2 heterocycles. The molecule has 162 valence electrons. The molecule has 0 saturated heterocycles. The maximum Gasteiger partial charge on any atom is 0.395 e. The third kappa shape index (κ3) is 4.86. The van der Waals surface area contributed by atoms with Gasteiger partial charge in [-0.1, -0.05) is 36.4 Å². The summed E-state index contributed by atoms with van der Waals surface area (Å²) in [6, 6.07) is 9.30. The number of fused-ring (bicyclic) bond motifs is 1. The number of rotatable bonds is 2. The molecule has 4 nitrogen and oxygen atoms in total. The van der Waals surface area contributed by atoms with E-state index in [1.165, 1.54) is 6.08 Å². The van der Waals surface area contributed by atoms with Crippen LogP contribution in [-0.2, 0) is 4.74 Å². The van der Waals surface area contributed by atoms with Crippen molar-refractivity contribution in [2.75, 3.05) is 6.54 Å². The van der Waals surface area contributed by atoms with Gasteiger partial charge in [0.2, 0.25) is 5.90 Å². The van der Waals surface area contributed by atoms with Crippen molar-refractivity contribution in [3.63, 3.8) is 0 Å². The fraction of sp³-hybridized carbons (Fsp3) is 0.375. The number of benzene rings is 1. The Bertz CT molecular complexity index is 1030. The van der Waals surface area contributed by atoms with Gasteiger partial charge < -0.3 is 4.74 Å².